The van der Waals surface area contributed by atoms with E-state index in [2.05, 4.69) is 31.2 Å². The van der Waals surface area contributed by atoms with Gasteiger partial charge in [-0.2, -0.15) is 0 Å². The molecule has 0 bridgehead atoms. The summed E-state index contributed by atoms with van der Waals surface area (Å²) in [6.45, 7) is 2.73. The van der Waals surface area contributed by atoms with E-state index in [0.29, 0.717) is 0 Å². The quantitative estimate of drug-likeness (QED) is 0.821. The third kappa shape index (κ3) is 3.69. The lowest BCUT2D eigenvalue weighted by Gasteiger charge is -2.10. The molecule has 0 radical (unpaired) electrons. The molecule has 1 unspecified atom stereocenters. The Morgan fingerprint density at radius 2 is 2.38 bits per heavy atom. The van der Waals surface area contributed by atoms with Crippen molar-refractivity contribution in [2.24, 2.45) is 0 Å². The zero-order valence-corrected chi connectivity index (χ0v) is 9.21. The van der Waals surface area contributed by atoms with Crippen LogP contribution in [0.4, 0.5) is 5.82 Å². The van der Waals surface area contributed by atoms with E-state index in [1.165, 1.54) is 6.33 Å². The summed E-state index contributed by atoms with van der Waals surface area (Å²) in [5.74, 6) is 0.797. The number of rotatable bonds is 4. The summed E-state index contributed by atoms with van der Waals surface area (Å²) in [4.78, 5) is 7.96. The highest BCUT2D eigenvalue weighted by Crippen LogP contribution is 2.09. The Kier molecular flexibility index (Phi) is 4.11. The van der Waals surface area contributed by atoms with Gasteiger partial charge in [-0.1, -0.05) is 0 Å². The second-order valence-electron chi connectivity index (χ2n) is 2.65. The van der Waals surface area contributed by atoms with Crippen LogP contribution in [0.1, 0.15) is 6.92 Å². The lowest BCUT2D eigenvalue weighted by atomic mass is 10.4. The van der Waals surface area contributed by atoms with Gasteiger partial charge in [0.15, 0.2) is 0 Å². The van der Waals surface area contributed by atoms with E-state index in [-0.39, 0.29) is 6.10 Å². The molecule has 0 spiro atoms. The molecule has 0 saturated carbocycles. The van der Waals surface area contributed by atoms with Crippen molar-refractivity contribution in [2.75, 3.05) is 19.0 Å². The molecule has 13 heavy (non-hydrogen) atoms. The van der Waals surface area contributed by atoms with E-state index in [1.54, 1.807) is 7.11 Å². The fraction of sp³-hybridized carbons (Fsp3) is 0.500. The highest BCUT2D eigenvalue weighted by molar-refractivity contribution is 9.10. The summed E-state index contributed by atoms with van der Waals surface area (Å²) in [5, 5.41) is 3.13. The normalized spacial score (nSPS) is 12.5. The molecule has 1 aromatic heterocycles. The molecule has 1 heterocycles. The number of hydrogen-bond donors (Lipinski definition) is 1. The molecule has 72 valence electrons. The molecule has 5 heteroatoms. The monoisotopic (exact) mass is 245 g/mol. The minimum atomic E-state index is 0.175. The summed E-state index contributed by atoms with van der Waals surface area (Å²) in [6.07, 6.45) is 1.68. The van der Waals surface area contributed by atoms with Crippen LogP contribution in [0.5, 0.6) is 0 Å². The summed E-state index contributed by atoms with van der Waals surface area (Å²) < 4.78 is 5.86. The SMILES string of the molecule is COC(C)CNc1cc(Br)ncn1. The minimum absolute atomic E-state index is 0.175. The van der Waals surface area contributed by atoms with Gasteiger partial charge in [-0.05, 0) is 22.9 Å². The van der Waals surface area contributed by atoms with Crippen molar-refractivity contribution < 1.29 is 4.74 Å². The van der Waals surface area contributed by atoms with Gasteiger partial charge in [0.1, 0.15) is 16.7 Å². The zero-order valence-electron chi connectivity index (χ0n) is 7.62. The van der Waals surface area contributed by atoms with Crippen molar-refractivity contribution in [3.63, 3.8) is 0 Å². The number of halogens is 1. The topological polar surface area (TPSA) is 47.0 Å². The van der Waals surface area contributed by atoms with Crippen LogP contribution in [0.15, 0.2) is 17.0 Å². The average molecular weight is 246 g/mol. The Morgan fingerprint density at radius 1 is 1.62 bits per heavy atom. The van der Waals surface area contributed by atoms with E-state index in [4.69, 9.17) is 4.74 Å². The maximum Gasteiger partial charge on any atom is 0.130 e. The maximum absolute atomic E-state index is 5.08. The first-order valence-electron chi connectivity index (χ1n) is 3.96. The van der Waals surface area contributed by atoms with Crippen LogP contribution < -0.4 is 5.32 Å². The number of anilines is 1. The first-order chi connectivity index (χ1) is 6.22. The number of ether oxygens (including phenoxy) is 1. The van der Waals surface area contributed by atoms with Gasteiger partial charge in [0, 0.05) is 19.7 Å². The van der Waals surface area contributed by atoms with Crippen LogP contribution in [0.25, 0.3) is 0 Å². The van der Waals surface area contributed by atoms with Gasteiger partial charge in [-0.15, -0.1) is 0 Å². The van der Waals surface area contributed by atoms with Crippen LogP contribution in [-0.4, -0.2) is 29.7 Å². The molecule has 0 amide bonds. The molecule has 4 nitrogen and oxygen atoms in total. The Labute approximate surface area is 85.9 Å². The molecular weight excluding hydrogens is 234 g/mol. The largest absolute Gasteiger partial charge is 0.380 e. The van der Waals surface area contributed by atoms with Crippen molar-refractivity contribution in [3.8, 4) is 0 Å². The van der Waals surface area contributed by atoms with Gasteiger partial charge in [-0.25, -0.2) is 9.97 Å². The standard InChI is InChI=1S/C8H12BrN3O/c1-6(13-2)4-10-8-3-7(9)11-5-12-8/h3,5-6H,4H2,1-2H3,(H,10,11,12). The Morgan fingerprint density at radius 3 is 3.00 bits per heavy atom. The summed E-state index contributed by atoms with van der Waals surface area (Å²) in [6, 6.07) is 1.82. The number of nitrogens with zero attached hydrogens (tertiary/aromatic N) is 2. The van der Waals surface area contributed by atoms with Crippen molar-refractivity contribution >= 4 is 21.7 Å². The molecule has 1 atom stereocenters. The third-order valence-electron chi connectivity index (χ3n) is 1.61. The first kappa shape index (κ1) is 10.4. The van der Waals surface area contributed by atoms with Crippen LogP contribution >= 0.6 is 15.9 Å². The highest BCUT2D eigenvalue weighted by atomic mass is 79.9. The molecular formula is C8H12BrN3O. The maximum atomic E-state index is 5.08. The molecule has 1 rings (SSSR count). The van der Waals surface area contributed by atoms with Gasteiger partial charge >= 0.3 is 0 Å². The molecule has 1 N–H and O–H groups in total. The smallest absolute Gasteiger partial charge is 0.130 e. The van der Waals surface area contributed by atoms with Crippen LogP contribution in [0.2, 0.25) is 0 Å². The van der Waals surface area contributed by atoms with Crippen molar-refractivity contribution in [2.45, 2.75) is 13.0 Å². The minimum Gasteiger partial charge on any atom is -0.380 e. The van der Waals surface area contributed by atoms with Crippen molar-refractivity contribution in [3.05, 3.63) is 17.0 Å². The Bertz CT molecular complexity index is 269. The number of aromatic nitrogens is 2. The fourth-order valence-corrected chi connectivity index (χ4v) is 1.07. The molecule has 0 aliphatic heterocycles. The molecule has 0 fully saturated rings. The lowest BCUT2D eigenvalue weighted by Crippen LogP contribution is -2.18. The summed E-state index contributed by atoms with van der Waals surface area (Å²) >= 11 is 3.26. The van der Waals surface area contributed by atoms with Crippen molar-refractivity contribution in [1.82, 2.24) is 9.97 Å². The van der Waals surface area contributed by atoms with E-state index in [1.807, 2.05) is 13.0 Å². The van der Waals surface area contributed by atoms with Gasteiger partial charge in [-0.3, -0.25) is 0 Å². The molecule has 0 aliphatic carbocycles. The predicted octanol–water partition coefficient (Wildman–Crippen LogP) is 1.69. The molecule has 0 aromatic carbocycles. The second kappa shape index (κ2) is 5.14. The van der Waals surface area contributed by atoms with Gasteiger partial charge in [0.25, 0.3) is 0 Å². The molecule has 1 aromatic rings. The Hall–Kier alpha value is -0.680. The Balaban J connectivity index is 2.45. The second-order valence-corrected chi connectivity index (χ2v) is 3.47. The summed E-state index contributed by atoms with van der Waals surface area (Å²) in [5.41, 5.74) is 0. The fourth-order valence-electron chi connectivity index (χ4n) is 0.762. The number of methoxy groups -OCH3 is 1. The molecule has 0 aliphatic rings. The van der Waals surface area contributed by atoms with E-state index in [9.17, 15) is 0 Å². The van der Waals surface area contributed by atoms with E-state index in [0.717, 1.165) is 17.0 Å². The number of nitrogens with one attached hydrogen (secondary N) is 1. The van der Waals surface area contributed by atoms with E-state index < -0.39 is 0 Å². The van der Waals surface area contributed by atoms with Gasteiger partial charge < -0.3 is 10.1 Å². The third-order valence-corrected chi connectivity index (χ3v) is 2.04. The zero-order chi connectivity index (χ0) is 9.68. The molecule has 0 saturated heterocycles. The number of hydrogen-bond acceptors (Lipinski definition) is 4. The van der Waals surface area contributed by atoms with Crippen LogP contribution in [-0.2, 0) is 4.74 Å². The van der Waals surface area contributed by atoms with Gasteiger partial charge in [0.05, 0.1) is 6.10 Å². The average Bonchev–Trinajstić information content (AvgIpc) is 2.14. The van der Waals surface area contributed by atoms with Crippen LogP contribution in [0.3, 0.4) is 0 Å². The predicted molar refractivity (Wildman–Crippen MR) is 54.7 cm³/mol. The van der Waals surface area contributed by atoms with E-state index >= 15 is 0 Å². The lowest BCUT2D eigenvalue weighted by molar-refractivity contribution is 0.128. The summed E-state index contributed by atoms with van der Waals surface area (Å²) in [7, 11) is 1.68. The highest BCUT2D eigenvalue weighted by Gasteiger charge is 1.99. The first-order valence-corrected chi connectivity index (χ1v) is 4.76. The van der Waals surface area contributed by atoms with Crippen LogP contribution in [0, 0.1) is 0 Å². The van der Waals surface area contributed by atoms with Gasteiger partial charge in [0.2, 0.25) is 0 Å². The van der Waals surface area contributed by atoms with Crippen molar-refractivity contribution in [1.29, 1.82) is 0 Å².